The number of hydrogen-bond donors (Lipinski definition) is 1. The lowest BCUT2D eigenvalue weighted by atomic mass is 10.0. The van der Waals surface area contributed by atoms with Crippen LogP contribution in [-0.4, -0.2) is 16.3 Å². The maximum Gasteiger partial charge on any atom is 0.296 e. The molecule has 1 aromatic heterocycles. The predicted molar refractivity (Wildman–Crippen MR) is 107 cm³/mol. The summed E-state index contributed by atoms with van der Waals surface area (Å²) in [4.78, 5) is 25.4. The molecule has 2 aromatic carbocycles. The van der Waals surface area contributed by atoms with E-state index >= 15 is 0 Å². The number of benzene rings is 2. The summed E-state index contributed by atoms with van der Waals surface area (Å²) in [6.07, 6.45) is 2.52. The summed E-state index contributed by atoms with van der Waals surface area (Å²) < 4.78 is 2.06. The van der Waals surface area contributed by atoms with E-state index < -0.39 is 11.7 Å². The van der Waals surface area contributed by atoms with Gasteiger partial charge in [-0.3, -0.25) is 9.59 Å². The maximum atomic E-state index is 12.8. The number of nitrogens with zero attached hydrogens (tertiary/aromatic N) is 1. The van der Waals surface area contributed by atoms with E-state index in [2.05, 4.69) is 9.88 Å². The van der Waals surface area contributed by atoms with Crippen molar-refractivity contribution in [3.63, 3.8) is 0 Å². The molecule has 0 bridgehead atoms. The summed E-state index contributed by atoms with van der Waals surface area (Å²) in [5.41, 5.74) is 6.00. The molecule has 0 fully saturated rings. The van der Waals surface area contributed by atoms with Gasteiger partial charge in [-0.1, -0.05) is 42.5 Å². The van der Waals surface area contributed by atoms with E-state index in [0.717, 1.165) is 28.2 Å². The van der Waals surface area contributed by atoms with Crippen LogP contribution in [-0.2, 0) is 16.0 Å². The van der Waals surface area contributed by atoms with Gasteiger partial charge < -0.3 is 9.88 Å². The monoisotopic (exact) mass is 356 g/mol. The molecule has 0 saturated heterocycles. The molecule has 1 N–H and O–H groups in total. The first-order valence-electron chi connectivity index (χ1n) is 8.94. The molecule has 4 heteroatoms. The Morgan fingerprint density at radius 2 is 1.56 bits per heavy atom. The van der Waals surface area contributed by atoms with Crippen molar-refractivity contribution in [2.75, 3.05) is 5.32 Å². The van der Waals surface area contributed by atoms with Crippen molar-refractivity contribution in [1.29, 1.82) is 0 Å². The third-order valence-corrected chi connectivity index (χ3v) is 4.95. The van der Waals surface area contributed by atoms with E-state index in [1.54, 1.807) is 0 Å². The number of rotatable bonds is 4. The summed E-state index contributed by atoms with van der Waals surface area (Å²) in [5.74, 6) is -1.12. The van der Waals surface area contributed by atoms with Gasteiger partial charge in [-0.15, -0.1) is 0 Å². The molecule has 0 saturated carbocycles. The number of aromatic nitrogens is 1. The molecular formula is C23H20N2O2. The van der Waals surface area contributed by atoms with Crippen LogP contribution in [0.25, 0.3) is 11.3 Å². The first-order valence-corrected chi connectivity index (χ1v) is 8.94. The van der Waals surface area contributed by atoms with E-state index in [9.17, 15) is 9.59 Å². The second kappa shape index (κ2) is 6.72. The average Bonchev–Trinajstić information content (AvgIpc) is 3.25. The fraction of sp³-hybridized carbons (Fsp3) is 0.130. The number of hydrogen-bond acceptors (Lipinski definition) is 2. The standard InChI is InChI=1S/C23H20N2O2/c1-15-11-12-16(2)25(15)21-10-6-5-9-20(21)24-23(27)22(26)19-14-13-17-7-3-4-8-18(17)19/h3-12,14H,13H2,1-2H3,(H,24,27). The van der Waals surface area contributed by atoms with Crippen molar-refractivity contribution < 1.29 is 9.59 Å². The number of fused-ring (bicyclic) bond motifs is 1. The van der Waals surface area contributed by atoms with Crippen LogP contribution in [0.2, 0.25) is 0 Å². The minimum absolute atomic E-state index is 0.480. The third-order valence-electron chi connectivity index (χ3n) is 4.95. The number of nitrogens with one attached hydrogen (secondary N) is 1. The molecule has 3 aromatic rings. The number of Topliss-reactive ketones (excluding diaryl/α,β-unsaturated/α-hetero) is 1. The van der Waals surface area contributed by atoms with Gasteiger partial charge in [0.05, 0.1) is 11.4 Å². The van der Waals surface area contributed by atoms with E-state index in [1.165, 1.54) is 0 Å². The Morgan fingerprint density at radius 3 is 2.33 bits per heavy atom. The van der Waals surface area contributed by atoms with Crippen LogP contribution in [0, 0.1) is 13.8 Å². The van der Waals surface area contributed by atoms with Gasteiger partial charge in [0, 0.05) is 17.0 Å². The van der Waals surface area contributed by atoms with E-state index in [4.69, 9.17) is 0 Å². The summed E-state index contributed by atoms with van der Waals surface area (Å²) in [6, 6.07) is 19.3. The van der Waals surface area contributed by atoms with Crippen molar-refractivity contribution in [3.8, 4) is 5.69 Å². The Balaban J connectivity index is 1.63. The van der Waals surface area contributed by atoms with Crippen molar-refractivity contribution in [2.24, 2.45) is 0 Å². The second-order valence-corrected chi connectivity index (χ2v) is 6.73. The fourth-order valence-electron chi connectivity index (χ4n) is 3.62. The topological polar surface area (TPSA) is 51.1 Å². The smallest absolute Gasteiger partial charge is 0.296 e. The highest BCUT2D eigenvalue weighted by Crippen LogP contribution is 2.29. The van der Waals surface area contributed by atoms with Gasteiger partial charge in [0.25, 0.3) is 11.7 Å². The van der Waals surface area contributed by atoms with Crippen LogP contribution in [0.5, 0.6) is 0 Å². The Labute approximate surface area is 158 Å². The summed E-state index contributed by atoms with van der Waals surface area (Å²) in [6.45, 7) is 4.02. The zero-order valence-corrected chi connectivity index (χ0v) is 15.3. The van der Waals surface area contributed by atoms with Crippen molar-refractivity contribution in [1.82, 2.24) is 4.57 Å². The molecule has 4 rings (SSSR count). The number of carbonyl (C=O) groups is 2. The molecule has 0 spiro atoms. The van der Waals surface area contributed by atoms with Crippen LogP contribution in [0.1, 0.15) is 22.5 Å². The van der Waals surface area contributed by atoms with Crippen LogP contribution in [0.4, 0.5) is 5.69 Å². The highest BCUT2D eigenvalue weighted by atomic mass is 16.2. The number of allylic oxidation sites excluding steroid dienone is 1. The Hall–Kier alpha value is -3.40. The lowest BCUT2D eigenvalue weighted by Gasteiger charge is -2.15. The van der Waals surface area contributed by atoms with Gasteiger partial charge in [0.2, 0.25) is 0 Å². The lowest BCUT2D eigenvalue weighted by Crippen LogP contribution is -2.24. The molecular weight excluding hydrogens is 336 g/mol. The van der Waals surface area contributed by atoms with Gasteiger partial charge in [-0.05, 0) is 55.7 Å². The van der Waals surface area contributed by atoms with E-state index in [1.807, 2.05) is 80.6 Å². The Kier molecular flexibility index (Phi) is 4.24. The second-order valence-electron chi connectivity index (χ2n) is 6.73. The first kappa shape index (κ1) is 17.0. The van der Waals surface area contributed by atoms with Gasteiger partial charge in [0.1, 0.15) is 0 Å². The normalized spacial score (nSPS) is 12.4. The van der Waals surface area contributed by atoms with E-state index in [-0.39, 0.29) is 0 Å². The van der Waals surface area contributed by atoms with Gasteiger partial charge in [0.15, 0.2) is 0 Å². The van der Waals surface area contributed by atoms with Crippen molar-refractivity contribution in [3.05, 3.63) is 89.3 Å². The minimum atomic E-state index is -0.618. The molecule has 0 atom stereocenters. The van der Waals surface area contributed by atoms with Gasteiger partial charge >= 0.3 is 0 Å². The quantitative estimate of drug-likeness (QED) is 0.711. The summed E-state index contributed by atoms with van der Waals surface area (Å²) >= 11 is 0. The number of aryl methyl sites for hydroxylation is 2. The predicted octanol–water partition coefficient (Wildman–Crippen LogP) is 4.24. The van der Waals surface area contributed by atoms with Crippen LogP contribution >= 0.6 is 0 Å². The molecule has 4 nitrogen and oxygen atoms in total. The largest absolute Gasteiger partial charge is 0.317 e. The third kappa shape index (κ3) is 2.99. The maximum absolute atomic E-state index is 12.8. The van der Waals surface area contributed by atoms with Crippen LogP contribution < -0.4 is 5.32 Å². The highest BCUT2D eigenvalue weighted by Gasteiger charge is 2.25. The van der Waals surface area contributed by atoms with Gasteiger partial charge in [-0.2, -0.15) is 0 Å². The van der Waals surface area contributed by atoms with Gasteiger partial charge in [-0.25, -0.2) is 0 Å². The molecule has 0 unspecified atom stereocenters. The zero-order valence-electron chi connectivity index (χ0n) is 15.3. The molecule has 0 radical (unpaired) electrons. The zero-order chi connectivity index (χ0) is 19.0. The molecule has 1 amide bonds. The lowest BCUT2D eigenvalue weighted by molar-refractivity contribution is -0.131. The summed E-state index contributed by atoms with van der Waals surface area (Å²) in [7, 11) is 0. The highest BCUT2D eigenvalue weighted by molar-refractivity contribution is 6.56. The molecule has 1 heterocycles. The average molecular weight is 356 g/mol. The first-order chi connectivity index (χ1) is 13.1. The Morgan fingerprint density at radius 1 is 0.889 bits per heavy atom. The summed E-state index contributed by atoms with van der Waals surface area (Å²) in [5, 5.41) is 2.81. The minimum Gasteiger partial charge on any atom is -0.317 e. The molecule has 1 aliphatic rings. The number of para-hydroxylation sites is 2. The van der Waals surface area contributed by atoms with Crippen molar-refractivity contribution in [2.45, 2.75) is 20.3 Å². The fourth-order valence-corrected chi connectivity index (χ4v) is 3.62. The Bertz CT molecular complexity index is 1070. The molecule has 134 valence electrons. The van der Waals surface area contributed by atoms with Crippen molar-refractivity contribution >= 4 is 23.0 Å². The van der Waals surface area contributed by atoms with Crippen LogP contribution in [0.15, 0.2) is 66.7 Å². The molecule has 0 aliphatic heterocycles. The number of carbonyl (C=O) groups excluding carboxylic acids is 2. The number of amides is 1. The van der Waals surface area contributed by atoms with Crippen LogP contribution in [0.3, 0.4) is 0 Å². The van der Waals surface area contributed by atoms with E-state index in [0.29, 0.717) is 17.7 Å². The SMILES string of the molecule is Cc1ccc(C)n1-c1ccccc1NC(=O)C(=O)C1=CCc2ccccc21. The number of ketones is 1. The molecule has 1 aliphatic carbocycles. The number of anilines is 1. The molecule has 27 heavy (non-hydrogen) atoms.